The summed E-state index contributed by atoms with van der Waals surface area (Å²) in [4.78, 5) is 14.0. The predicted octanol–water partition coefficient (Wildman–Crippen LogP) is 0.874. The van der Waals surface area contributed by atoms with Crippen LogP contribution >= 0.6 is 0 Å². The first kappa shape index (κ1) is 23.0. The van der Waals surface area contributed by atoms with E-state index in [0.717, 1.165) is 6.07 Å². The highest BCUT2D eigenvalue weighted by Crippen LogP contribution is 2.24. The van der Waals surface area contributed by atoms with Crippen LogP contribution in [0.15, 0.2) is 12.1 Å². The Hall–Kier alpha value is -1.69. The minimum absolute atomic E-state index is 0.0107. The molecule has 168 valence electrons. The SMILES string of the molecule is N[C@H](Cc1cc(F)c(F)cc1F)C1CCN(C(=O)CS(=O)(=O)N2CCOCC2)CC1. The lowest BCUT2D eigenvalue weighted by atomic mass is 9.86. The van der Waals surface area contributed by atoms with Gasteiger partial charge in [-0.2, -0.15) is 4.31 Å². The molecule has 11 heteroatoms. The van der Waals surface area contributed by atoms with E-state index in [-0.39, 0.29) is 31.0 Å². The number of nitrogens with two attached hydrogens (primary N) is 1. The van der Waals surface area contributed by atoms with Gasteiger partial charge in [-0.05, 0) is 36.8 Å². The van der Waals surface area contributed by atoms with E-state index in [4.69, 9.17) is 10.5 Å². The molecule has 3 rings (SSSR count). The number of benzene rings is 1. The normalized spacial score (nSPS) is 20.3. The highest BCUT2D eigenvalue weighted by Gasteiger charge is 2.32. The number of halogens is 3. The fourth-order valence-electron chi connectivity index (χ4n) is 3.88. The first-order valence-corrected chi connectivity index (χ1v) is 11.5. The number of sulfonamides is 1. The van der Waals surface area contributed by atoms with Crippen molar-refractivity contribution >= 4 is 15.9 Å². The lowest BCUT2D eigenvalue weighted by molar-refractivity contribution is -0.130. The van der Waals surface area contributed by atoms with Crippen molar-refractivity contribution in [1.82, 2.24) is 9.21 Å². The number of rotatable bonds is 6. The van der Waals surface area contributed by atoms with Gasteiger partial charge in [0.25, 0.3) is 0 Å². The van der Waals surface area contributed by atoms with E-state index >= 15 is 0 Å². The molecular weight excluding hydrogens is 423 g/mol. The molecule has 1 aromatic rings. The monoisotopic (exact) mass is 449 g/mol. The van der Waals surface area contributed by atoms with Gasteiger partial charge in [-0.25, -0.2) is 21.6 Å². The molecule has 2 heterocycles. The molecule has 1 aromatic carbocycles. The van der Waals surface area contributed by atoms with Crippen molar-refractivity contribution in [2.75, 3.05) is 45.1 Å². The summed E-state index contributed by atoms with van der Waals surface area (Å²) in [6, 6.07) is 0.839. The summed E-state index contributed by atoms with van der Waals surface area (Å²) in [6.07, 6.45) is 1.10. The lowest BCUT2D eigenvalue weighted by Gasteiger charge is -2.35. The molecule has 0 spiro atoms. The zero-order valence-corrected chi connectivity index (χ0v) is 17.3. The van der Waals surface area contributed by atoms with E-state index in [1.807, 2.05) is 0 Å². The van der Waals surface area contributed by atoms with Crippen LogP contribution < -0.4 is 5.73 Å². The number of hydrogen-bond donors (Lipinski definition) is 1. The number of amides is 1. The summed E-state index contributed by atoms with van der Waals surface area (Å²) < 4.78 is 71.5. The first-order chi connectivity index (χ1) is 14.2. The number of nitrogens with zero attached hydrogens (tertiary/aromatic N) is 2. The van der Waals surface area contributed by atoms with E-state index < -0.39 is 45.2 Å². The Bertz CT molecular complexity index is 870. The molecular formula is C19H26F3N3O4S. The molecule has 1 amide bonds. The van der Waals surface area contributed by atoms with Gasteiger partial charge < -0.3 is 15.4 Å². The maximum absolute atomic E-state index is 13.9. The van der Waals surface area contributed by atoms with E-state index in [1.165, 1.54) is 9.21 Å². The van der Waals surface area contributed by atoms with Crippen molar-refractivity contribution in [1.29, 1.82) is 0 Å². The van der Waals surface area contributed by atoms with Crippen LogP contribution in [0.1, 0.15) is 18.4 Å². The second kappa shape index (κ2) is 9.63. The summed E-state index contributed by atoms with van der Waals surface area (Å²) >= 11 is 0. The van der Waals surface area contributed by atoms with Crippen molar-refractivity contribution in [2.45, 2.75) is 25.3 Å². The van der Waals surface area contributed by atoms with Crippen molar-refractivity contribution < 1.29 is 31.1 Å². The Kier molecular flexibility index (Phi) is 7.38. The molecule has 2 aliphatic heterocycles. The molecule has 30 heavy (non-hydrogen) atoms. The standard InChI is InChI=1S/C19H26F3N3O4S/c20-15-11-17(22)16(21)9-14(15)10-18(23)13-1-3-24(4-2-13)19(26)12-30(27,28)25-5-7-29-8-6-25/h9,11,13,18H,1-8,10,12,23H2/t18-/m1/s1. The molecule has 0 aliphatic carbocycles. The fraction of sp³-hybridized carbons (Fsp3) is 0.632. The lowest BCUT2D eigenvalue weighted by Crippen LogP contribution is -2.48. The van der Waals surface area contributed by atoms with Crippen LogP contribution in [0.25, 0.3) is 0 Å². The average molecular weight is 449 g/mol. The maximum Gasteiger partial charge on any atom is 0.239 e. The number of piperidine rings is 1. The van der Waals surface area contributed by atoms with Gasteiger partial charge >= 0.3 is 0 Å². The van der Waals surface area contributed by atoms with Crippen molar-refractivity contribution in [2.24, 2.45) is 11.7 Å². The van der Waals surface area contributed by atoms with Crippen LogP contribution in [-0.2, 0) is 26.0 Å². The summed E-state index contributed by atoms with van der Waals surface area (Å²) in [7, 11) is -3.69. The van der Waals surface area contributed by atoms with Gasteiger partial charge in [0.1, 0.15) is 11.6 Å². The number of likely N-dealkylation sites (tertiary alicyclic amines) is 1. The second-order valence-electron chi connectivity index (χ2n) is 7.71. The molecule has 2 fully saturated rings. The minimum atomic E-state index is -3.69. The van der Waals surface area contributed by atoms with Gasteiger partial charge in [0.2, 0.25) is 15.9 Å². The van der Waals surface area contributed by atoms with Crippen molar-refractivity contribution in [3.05, 3.63) is 35.1 Å². The van der Waals surface area contributed by atoms with Gasteiger partial charge in [-0.1, -0.05) is 0 Å². The molecule has 0 radical (unpaired) electrons. The molecule has 0 saturated carbocycles. The Morgan fingerprint density at radius 1 is 1.07 bits per heavy atom. The van der Waals surface area contributed by atoms with Gasteiger partial charge in [0.15, 0.2) is 11.6 Å². The molecule has 1 atom stereocenters. The summed E-state index contributed by atoms with van der Waals surface area (Å²) in [5.41, 5.74) is 6.17. The van der Waals surface area contributed by atoms with Crippen LogP contribution in [0, 0.1) is 23.4 Å². The van der Waals surface area contributed by atoms with Crippen LogP contribution in [0.5, 0.6) is 0 Å². The van der Waals surface area contributed by atoms with E-state index in [9.17, 15) is 26.4 Å². The van der Waals surface area contributed by atoms with E-state index in [0.29, 0.717) is 45.2 Å². The Balaban J connectivity index is 1.51. The average Bonchev–Trinajstić information content (AvgIpc) is 2.72. The number of carbonyl (C=O) groups excluding carboxylic acids is 1. The van der Waals surface area contributed by atoms with Gasteiger partial charge in [0.05, 0.1) is 13.2 Å². The third-order valence-electron chi connectivity index (χ3n) is 5.71. The fourth-order valence-corrected chi connectivity index (χ4v) is 5.26. The Morgan fingerprint density at radius 2 is 1.67 bits per heavy atom. The number of carbonyl (C=O) groups is 1. The summed E-state index contributed by atoms with van der Waals surface area (Å²) in [5.74, 6) is -4.30. The molecule has 2 aliphatic rings. The number of ether oxygens (including phenoxy) is 1. The van der Waals surface area contributed by atoms with Gasteiger partial charge in [-0.3, -0.25) is 4.79 Å². The quantitative estimate of drug-likeness (QED) is 0.651. The number of hydrogen-bond acceptors (Lipinski definition) is 5. The maximum atomic E-state index is 13.9. The smallest absolute Gasteiger partial charge is 0.239 e. The first-order valence-electron chi connectivity index (χ1n) is 9.89. The second-order valence-corrected chi connectivity index (χ2v) is 9.68. The molecule has 0 bridgehead atoms. The van der Waals surface area contributed by atoms with Crippen LogP contribution in [0.2, 0.25) is 0 Å². The molecule has 2 saturated heterocycles. The summed E-state index contributed by atoms with van der Waals surface area (Å²) in [6.45, 7) is 1.80. The van der Waals surface area contributed by atoms with E-state index in [2.05, 4.69) is 0 Å². The highest BCUT2D eigenvalue weighted by molar-refractivity contribution is 7.89. The highest BCUT2D eigenvalue weighted by atomic mass is 32.2. The molecule has 7 nitrogen and oxygen atoms in total. The Labute approximate surface area is 174 Å². The van der Waals surface area contributed by atoms with Gasteiger partial charge in [0, 0.05) is 38.3 Å². The third kappa shape index (κ3) is 5.51. The zero-order chi connectivity index (χ0) is 21.9. The number of morpholine rings is 1. The van der Waals surface area contributed by atoms with E-state index in [1.54, 1.807) is 0 Å². The molecule has 0 unspecified atom stereocenters. The largest absolute Gasteiger partial charge is 0.379 e. The summed E-state index contributed by atoms with van der Waals surface area (Å²) in [5, 5.41) is 0. The van der Waals surface area contributed by atoms with Crippen molar-refractivity contribution in [3.63, 3.8) is 0 Å². The predicted molar refractivity (Wildman–Crippen MR) is 103 cm³/mol. The van der Waals surface area contributed by atoms with Crippen LogP contribution in [-0.4, -0.2) is 74.7 Å². The van der Waals surface area contributed by atoms with Crippen LogP contribution in [0.3, 0.4) is 0 Å². The topological polar surface area (TPSA) is 92.9 Å². The van der Waals surface area contributed by atoms with Gasteiger partial charge in [-0.15, -0.1) is 0 Å². The minimum Gasteiger partial charge on any atom is -0.379 e. The molecule has 0 aromatic heterocycles. The van der Waals surface area contributed by atoms with Crippen molar-refractivity contribution in [3.8, 4) is 0 Å². The zero-order valence-electron chi connectivity index (χ0n) is 16.5. The van der Waals surface area contributed by atoms with Crippen LogP contribution in [0.4, 0.5) is 13.2 Å². The third-order valence-corrected chi connectivity index (χ3v) is 7.48. The molecule has 2 N–H and O–H groups in total. The Morgan fingerprint density at radius 3 is 2.30 bits per heavy atom.